The molecule has 1 aliphatic rings. The molecule has 0 fully saturated rings. The molecule has 0 spiro atoms. The van der Waals surface area contributed by atoms with Crippen LogP contribution in [0.2, 0.25) is 0 Å². The molecule has 0 aromatic carbocycles. The average Bonchev–Trinajstić information content (AvgIpc) is 1.85. The first-order chi connectivity index (χ1) is 5.11. The van der Waals surface area contributed by atoms with Crippen LogP contribution in [0.3, 0.4) is 0 Å². The first kappa shape index (κ1) is 7.98. The second-order valence-electron chi connectivity index (χ2n) is 2.89. The number of carboxylic acid groups (broad SMARTS) is 1. The molecule has 60 valence electrons. The first-order valence-corrected chi connectivity index (χ1v) is 3.58. The van der Waals surface area contributed by atoms with E-state index in [1.54, 1.807) is 0 Å². The van der Waals surface area contributed by atoms with Gasteiger partial charge in [-0.1, -0.05) is 13.0 Å². The maximum absolute atomic E-state index is 11.0. The van der Waals surface area contributed by atoms with Crippen molar-refractivity contribution in [1.82, 2.24) is 0 Å². The lowest BCUT2D eigenvalue weighted by Gasteiger charge is -2.13. The molecule has 0 aromatic heterocycles. The van der Waals surface area contributed by atoms with Gasteiger partial charge in [-0.25, -0.2) is 4.79 Å². The minimum absolute atomic E-state index is 0.0388. The van der Waals surface area contributed by atoms with Crippen LogP contribution in [0.15, 0.2) is 11.6 Å². The Kier molecular flexibility index (Phi) is 2.08. The number of carbonyl (C=O) groups excluding carboxylic acids is 1. The van der Waals surface area contributed by atoms with E-state index in [-0.39, 0.29) is 11.4 Å². The summed E-state index contributed by atoms with van der Waals surface area (Å²) in [7, 11) is 0. The maximum atomic E-state index is 11.0. The van der Waals surface area contributed by atoms with E-state index in [1.165, 1.54) is 6.08 Å². The second-order valence-corrected chi connectivity index (χ2v) is 2.89. The Hall–Kier alpha value is -1.12. The number of hydrogen-bond donors (Lipinski definition) is 1. The summed E-state index contributed by atoms with van der Waals surface area (Å²) < 4.78 is 0. The van der Waals surface area contributed by atoms with E-state index < -0.39 is 5.97 Å². The fraction of sp³-hybridized carbons (Fsp3) is 0.500. The molecule has 1 unspecified atom stereocenters. The number of Topliss-reactive ketones (excluding diaryl/α,β-unsaturated/α-hetero) is 1. The molecule has 1 atom stereocenters. The molecule has 1 rings (SSSR count). The van der Waals surface area contributed by atoms with Gasteiger partial charge in [-0.2, -0.15) is 0 Å². The smallest absolute Gasteiger partial charge is 0.338 e. The van der Waals surface area contributed by atoms with Crippen molar-refractivity contribution in [3.8, 4) is 0 Å². The fourth-order valence-electron chi connectivity index (χ4n) is 1.15. The van der Waals surface area contributed by atoms with Crippen molar-refractivity contribution in [2.75, 3.05) is 0 Å². The number of ketones is 1. The van der Waals surface area contributed by atoms with Crippen LogP contribution in [0.4, 0.5) is 0 Å². The van der Waals surface area contributed by atoms with Crippen molar-refractivity contribution < 1.29 is 14.7 Å². The largest absolute Gasteiger partial charge is 0.478 e. The Labute approximate surface area is 64.7 Å². The maximum Gasteiger partial charge on any atom is 0.338 e. The minimum atomic E-state index is -1.10. The van der Waals surface area contributed by atoms with Crippen LogP contribution in [0, 0.1) is 5.92 Å². The van der Waals surface area contributed by atoms with Crippen LogP contribution in [0.25, 0.3) is 0 Å². The van der Waals surface area contributed by atoms with E-state index in [1.807, 2.05) is 6.92 Å². The van der Waals surface area contributed by atoms with Gasteiger partial charge in [0.25, 0.3) is 0 Å². The lowest BCUT2D eigenvalue weighted by Crippen LogP contribution is -2.19. The quantitative estimate of drug-likeness (QED) is 0.573. The van der Waals surface area contributed by atoms with Gasteiger partial charge in [0, 0.05) is 6.42 Å². The third-order valence-electron chi connectivity index (χ3n) is 1.79. The average molecular weight is 154 g/mol. The Morgan fingerprint density at radius 1 is 1.73 bits per heavy atom. The predicted molar refractivity (Wildman–Crippen MR) is 39.1 cm³/mol. The van der Waals surface area contributed by atoms with Crippen LogP contribution >= 0.6 is 0 Å². The van der Waals surface area contributed by atoms with Gasteiger partial charge in [-0.3, -0.25) is 4.79 Å². The van der Waals surface area contributed by atoms with E-state index in [0.29, 0.717) is 18.8 Å². The molecule has 0 saturated heterocycles. The highest BCUT2D eigenvalue weighted by atomic mass is 16.4. The molecule has 0 saturated carbocycles. The number of allylic oxidation sites excluding steroid dienone is 1. The number of carbonyl (C=O) groups is 2. The highest BCUT2D eigenvalue weighted by Gasteiger charge is 2.23. The summed E-state index contributed by atoms with van der Waals surface area (Å²) in [6.45, 7) is 1.94. The van der Waals surface area contributed by atoms with Gasteiger partial charge >= 0.3 is 5.97 Å². The number of aliphatic carboxylic acids is 1. The Bertz CT molecular complexity index is 227. The van der Waals surface area contributed by atoms with Crippen molar-refractivity contribution in [2.45, 2.75) is 19.8 Å². The van der Waals surface area contributed by atoms with Crippen molar-refractivity contribution in [3.05, 3.63) is 11.6 Å². The van der Waals surface area contributed by atoms with Gasteiger partial charge in [0.05, 0.1) is 5.57 Å². The molecular weight excluding hydrogens is 144 g/mol. The van der Waals surface area contributed by atoms with Crippen LogP contribution < -0.4 is 0 Å². The number of carboxylic acids is 1. The molecule has 0 heterocycles. The third-order valence-corrected chi connectivity index (χ3v) is 1.79. The van der Waals surface area contributed by atoms with Gasteiger partial charge in [0.1, 0.15) is 0 Å². The standard InChI is InChI=1S/C8H10O3/c1-5-2-3-6(8(10)11)7(9)4-5/h3,5H,2,4H2,1H3,(H,10,11). The SMILES string of the molecule is CC1CC=C(C(=O)O)C(=O)C1. The summed E-state index contributed by atoms with van der Waals surface area (Å²) in [5.74, 6) is -1.04. The molecule has 1 aliphatic carbocycles. The highest BCUT2D eigenvalue weighted by Crippen LogP contribution is 2.19. The molecular formula is C8H10O3. The Morgan fingerprint density at radius 2 is 2.36 bits per heavy atom. The predicted octanol–water partition coefficient (Wildman–Crippen LogP) is 0.996. The lowest BCUT2D eigenvalue weighted by atomic mass is 9.90. The fourth-order valence-corrected chi connectivity index (χ4v) is 1.15. The van der Waals surface area contributed by atoms with Crippen molar-refractivity contribution in [2.24, 2.45) is 5.92 Å². The van der Waals surface area contributed by atoms with E-state index >= 15 is 0 Å². The van der Waals surface area contributed by atoms with E-state index in [9.17, 15) is 9.59 Å². The summed E-state index contributed by atoms with van der Waals surface area (Å²) in [6, 6.07) is 0. The summed E-state index contributed by atoms with van der Waals surface area (Å²) in [4.78, 5) is 21.4. The second kappa shape index (κ2) is 2.86. The first-order valence-electron chi connectivity index (χ1n) is 3.58. The molecule has 0 bridgehead atoms. The Morgan fingerprint density at radius 3 is 2.82 bits per heavy atom. The number of hydrogen-bond acceptors (Lipinski definition) is 2. The van der Waals surface area contributed by atoms with Gasteiger partial charge in [-0.15, -0.1) is 0 Å². The third kappa shape index (κ3) is 1.67. The molecule has 3 heteroatoms. The van der Waals surface area contributed by atoms with Crippen molar-refractivity contribution in [1.29, 1.82) is 0 Å². The summed E-state index contributed by atoms with van der Waals surface area (Å²) >= 11 is 0. The van der Waals surface area contributed by atoms with Crippen LogP contribution in [-0.4, -0.2) is 16.9 Å². The molecule has 0 radical (unpaired) electrons. The van der Waals surface area contributed by atoms with Crippen LogP contribution in [-0.2, 0) is 9.59 Å². The topological polar surface area (TPSA) is 54.4 Å². The normalized spacial score (nSPS) is 24.6. The van der Waals surface area contributed by atoms with Gasteiger partial charge in [0.15, 0.2) is 5.78 Å². The van der Waals surface area contributed by atoms with Gasteiger partial charge < -0.3 is 5.11 Å². The molecule has 1 N–H and O–H groups in total. The number of rotatable bonds is 1. The summed E-state index contributed by atoms with van der Waals surface area (Å²) in [5.41, 5.74) is -0.0388. The van der Waals surface area contributed by atoms with Crippen LogP contribution in [0.1, 0.15) is 19.8 Å². The summed E-state index contributed by atoms with van der Waals surface area (Å²) in [6.07, 6.45) is 2.59. The van der Waals surface area contributed by atoms with E-state index in [0.717, 1.165) is 0 Å². The summed E-state index contributed by atoms with van der Waals surface area (Å²) in [5, 5.41) is 8.51. The van der Waals surface area contributed by atoms with Crippen molar-refractivity contribution >= 4 is 11.8 Å². The molecule has 3 nitrogen and oxygen atoms in total. The highest BCUT2D eigenvalue weighted by molar-refractivity contribution is 6.17. The molecule has 0 amide bonds. The monoisotopic (exact) mass is 154 g/mol. The minimum Gasteiger partial charge on any atom is -0.478 e. The zero-order chi connectivity index (χ0) is 8.43. The van der Waals surface area contributed by atoms with Gasteiger partial charge in [0.2, 0.25) is 0 Å². The Balaban J connectivity index is 2.81. The van der Waals surface area contributed by atoms with Crippen LogP contribution in [0.5, 0.6) is 0 Å². The lowest BCUT2D eigenvalue weighted by molar-refractivity contribution is -0.135. The van der Waals surface area contributed by atoms with Gasteiger partial charge in [-0.05, 0) is 12.3 Å². The molecule has 11 heavy (non-hydrogen) atoms. The van der Waals surface area contributed by atoms with Crippen molar-refractivity contribution in [3.63, 3.8) is 0 Å². The van der Waals surface area contributed by atoms with E-state index in [4.69, 9.17) is 5.11 Å². The molecule has 0 aliphatic heterocycles. The molecule has 0 aromatic rings. The zero-order valence-corrected chi connectivity index (χ0v) is 6.33. The zero-order valence-electron chi connectivity index (χ0n) is 6.33. The van der Waals surface area contributed by atoms with E-state index in [2.05, 4.69) is 0 Å².